The van der Waals surface area contributed by atoms with E-state index in [9.17, 15) is 5.11 Å². The van der Waals surface area contributed by atoms with E-state index in [1.165, 1.54) is 0 Å². The third kappa shape index (κ3) is 2.66. The molecule has 0 amide bonds. The Morgan fingerprint density at radius 3 is 2.70 bits per heavy atom. The van der Waals surface area contributed by atoms with Crippen LogP contribution < -0.4 is 4.90 Å². The lowest BCUT2D eigenvalue weighted by atomic mass is 9.87. The largest absolute Gasteiger partial charge is 0.388 e. The summed E-state index contributed by atoms with van der Waals surface area (Å²) in [5, 5.41) is 18.7. The zero-order chi connectivity index (χ0) is 15.6. The number of hydrogen-bond donors (Lipinski definition) is 1. The summed E-state index contributed by atoms with van der Waals surface area (Å²) in [6.45, 7) is 1.74. The molecule has 0 aliphatic carbocycles. The number of aromatic nitrogens is 4. The van der Waals surface area contributed by atoms with Crippen molar-refractivity contribution >= 4 is 11.5 Å². The first-order chi connectivity index (χ1) is 11.3. The van der Waals surface area contributed by atoms with E-state index in [2.05, 4.69) is 20.1 Å². The van der Waals surface area contributed by atoms with E-state index in [1.807, 2.05) is 40.9 Å². The zero-order valence-corrected chi connectivity index (χ0v) is 12.8. The summed E-state index contributed by atoms with van der Waals surface area (Å²) in [5.74, 6) is 1.16. The van der Waals surface area contributed by atoms with Gasteiger partial charge in [0.05, 0.1) is 6.10 Å². The number of fused-ring (bicyclic) bond motifs is 1. The molecule has 3 aromatic rings. The molecule has 0 spiro atoms. The van der Waals surface area contributed by atoms with Crippen molar-refractivity contribution in [1.29, 1.82) is 0 Å². The highest BCUT2D eigenvalue weighted by atomic mass is 16.3. The van der Waals surface area contributed by atoms with E-state index < -0.39 is 6.10 Å². The van der Waals surface area contributed by atoms with Crippen LogP contribution in [0.3, 0.4) is 0 Å². The molecule has 1 aromatic carbocycles. The molecule has 6 nitrogen and oxygen atoms in total. The molecule has 1 atom stereocenters. The van der Waals surface area contributed by atoms with Crippen LogP contribution in [0.15, 0.2) is 49.1 Å². The van der Waals surface area contributed by atoms with Gasteiger partial charge in [-0.25, -0.2) is 4.98 Å². The fourth-order valence-corrected chi connectivity index (χ4v) is 3.32. The number of benzene rings is 1. The second-order valence-corrected chi connectivity index (χ2v) is 5.99. The van der Waals surface area contributed by atoms with Gasteiger partial charge in [-0.1, -0.05) is 30.3 Å². The van der Waals surface area contributed by atoms with Gasteiger partial charge in [0.25, 0.3) is 0 Å². The molecule has 1 aliphatic heterocycles. The maximum absolute atomic E-state index is 10.6. The molecule has 2 aromatic heterocycles. The summed E-state index contributed by atoms with van der Waals surface area (Å²) in [5.41, 5.74) is 1.79. The van der Waals surface area contributed by atoms with Crippen LogP contribution in [0.2, 0.25) is 0 Å². The first kappa shape index (κ1) is 14.1. The van der Waals surface area contributed by atoms with Crippen LogP contribution in [0.5, 0.6) is 0 Å². The Balaban J connectivity index is 1.48. The Morgan fingerprint density at radius 1 is 1.13 bits per heavy atom. The van der Waals surface area contributed by atoms with Crippen LogP contribution in [-0.4, -0.2) is 37.8 Å². The molecule has 6 heteroatoms. The van der Waals surface area contributed by atoms with E-state index in [-0.39, 0.29) is 5.92 Å². The summed E-state index contributed by atoms with van der Waals surface area (Å²) < 4.78 is 1.88. The van der Waals surface area contributed by atoms with Crippen LogP contribution in [0.1, 0.15) is 24.5 Å². The van der Waals surface area contributed by atoms with Crippen LogP contribution in [-0.2, 0) is 0 Å². The fourth-order valence-electron chi connectivity index (χ4n) is 3.32. The van der Waals surface area contributed by atoms with Crippen molar-refractivity contribution in [3.8, 4) is 0 Å². The Hall–Kier alpha value is -2.47. The summed E-state index contributed by atoms with van der Waals surface area (Å²) in [4.78, 5) is 6.71. The minimum absolute atomic E-state index is 0.284. The minimum atomic E-state index is -0.393. The highest BCUT2D eigenvalue weighted by Crippen LogP contribution is 2.32. The van der Waals surface area contributed by atoms with Gasteiger partial charge in [0.15, 0.2) is 5.82 Å². The molecule has 1 fully saturated rings. The highest BCUT2D eigenvalue weighted by molar-refractivity contribution is 5.63. The molecule has 0 bridgehead atoms. The van der Waals surface area contributed by atoms with Crippen molar-refractivity contribution in [1.82, 2.24) is 19.6 Å². The standard InChI is InChI=1S/C17H19N5O/c23-15(13-4-2-1-3-5-13)14-6-9-21(10-7-14)16-17-20-19-12-22(17)11-8-18-16/h1-5,8,11-12,14-15,23H,6-7,9-10H2/t15-/m0/s1. The predicted molar refractivity (Wildman–Crippen MR) is 87.1 cm³/mol. The molecule has 118 valence electrons. The number of piperidine rings is 1. The monoisotopic (exact) mass is 309 g/mol. The molecule has 0 unspecified atom stereocenters. The predicted octanol–water partition coefficient (Wildman–Crippen LogP) is 2.07. The molecule has 4 rings (SSSR count). The lowest BCUT2D eigenvalue weighted by molar-refractivity contribution is 0.0929. The second kappa shape index (κ2) is 5.96. The van der Waals surface area contributed by atoms with Gasteiger partial charge in [-0.15, -0.1) is 10.2 Å². The van der Waals surface area contributed by atoms with Crippen LogP contribution in [0.25, 0.3) is 5.65 Å². The average molecular weight is 309 g/mol. The third-order valence-corrected chi connectivity index (χ3v) is 4.62. The third-order valence-electron chi connectivity index (χ3n) is 4.62. The van der Waals surface area contributed by atoms with Gasteiger partial charge in [-0.2, -0.15) is 0 Å². The number of rotatable bonds is 3. The van der Waals surface area contributed by atoms with Gasteiger partial charge >= 0.3 is 0 Å². The van der Waals surface area contributed by atoms with Gasteiger partial charge in [-0.05, 0) is 24.3 Å². The Morgan fingerprint density at radius 2 is 1.91 bits per heavy atom. The minimum Gasteiger partial charge on any atom is -0.388 e. The number of nitrogens with zero attached hydrogens (tertiary/aromatic N) is 5. The SMILES string of the molecule is O[C@@H](c1ccccc1)C1CCN(c2nccn3cnnc23)CC1. The van der Waals surface area contributed by atoms with Gasteiger partial charge < -0.3 is 10.0 Å². The van der Waals surface area contributed by atoms with Crippen molar-refractivity contribution in [2.24, 2.45) is 5.92 Å². The summed E-state index contributed by atoms with van der Waals surface area (Å²) in [6.07, 6.45) is 6.79. The number of hydrogen-bond acceptors (Lipinski definition) is 5. The molecule has 1 aliphatic rings. The zero-order valence-electron chi connectivity index (χ0n) is 12.8. The lowest BCUT2D eigenvalue weighted by Gasteiger charge is -2.35. The molecular formula is C17H19N5O. The van der Waals surface area contributed by atoms with Crippen molar-refractivity contribution < 1.29 is 5.11 Å². The Kier molecular flexibility index (Phi) is 3.67. The van der Waals surface area contributed by atoms with E-state index in [1.54, 1.807) is 12.5 Å². The van der Waals surface area contributed by atoms with Crippen LogP contribution in [0.4, 0.5) is 5.82 Å². The van der Waals surface area contributed by atoms with Gasteiger partial charge in [0, 0.05) is 25.5 Å². The van der Waals surface area contributed by atoms with E-state index in [0.29, 0.717) is 0 Å². The van der Waals surface area contributed by atoms with Gasteiger partial charge in [0.2, 0.25) is 5.65 Å². The van der Waals surface area contributed by atoms with Gasteiger partial charge in [-0.3, -0.25) is 4.40 Å². The first-order valence-electron chi connectivity index (χ1n) is 7.95. The summed E-state index contributed by atoms with van der Waals surface area (Å²) >= 11 is 0. The molecule has 0 radical (unpaired) electrons. The average Bonchev–Trinajstić information content (AvgIpc) is 3.11. The van der Waals surface area contributed by atoms with Crippen molar-refractivity contribution in [3.63, 3.8) is 0 Å². The number of anilines is 1. The second-order valence-electron chi connectivity index (χ2n) is 5.99. The van der Waals surface area contributed by atoms with Crippen LogP contribution in [0, 0.1) is 5.92 Å². The molecule has 23 heavy (non-hydrogen) atoms. The maximum atomic E-state index is 10.6. The maximum Gasteiger partial charge on any atom is 0.203 e. The topological polar surface area (TPSA) is 66.5 Å². The van der Waals surface area contributed by atoms with Crippen LogP contribution >= 0.6 is 0 Å². The smallest absolute Gasteiger partial charge is 0.203 e. The van der Waals surface area contributed by atoms with E-state index in [0.717, 1.165) is 43.0 Å². The lowest BCUT2D eigenvalue weighted by Crippen LogP contribution is -2.36. The molecular weight excluding hydrogens is 290 g/mol. The summed E-state index contributed by atoms with van der Waals surface area (Å²) in [7, 11) is 0. The van der Waals surface area contributed by atoms with Crippen molar-refractivity contribution in [3.05, 3.63) is 54.6 Å². The van der Waals surface area contributed by atoms with Crippen molar-refractivity contribution in [2.75, 3.05) is 18.0 Å². The number of aliphatic hydroxyl groups is 1. The Labute approximate surface area is 134 Å². The van der Waals surface area contributed by atoms with E-state index >= 15 is 0 Å². The van der Waals surface area contributed by atoms with Gasteiger partial charge in [0.1, 0.15) is 6.33 Å². The molecule has 0 saturated carbocycles. The molecule has 3 heterocycles. The highest BCUT2D eigenvalue weighted by Gasteiger charge is 2.27. The number of aliphatic hydroxyl groups excluding tert-OH is 1. The molecule has 1 saturated heterocycles. The fraction of sp³-hybridized carbons (Fsp3) is 0.353. The summed E-state index contributed by atoms with van der Waals surface area (Å²) in [6, 6.07) is 9.92. The van der Waals surface area contributed by atoms with Crippen molar-refractivity contribution in [2.45, 2.75) is 18.9 Å². The normalized spacial score (nSPS) is 17.5. The Bertz CT molecular complexity index is 780. The van der Waals surface area contributed by atoms with E-state index in [4.69, 9.17) is 0 Å². The molecule has 1 N–H and O–H groups in total. The first-order valence-corrected chi connectivity index (χ1v) is 7.95. The quantitative estimate of drug-likeness (QED) is 0.802.